The van der Waals surface area contributed by atoms with Crippen molar-refractivity contribution in [1.82, 2.24) is 9.80 Å². The third kappa shape index (κ3) is 4.38. The van der Waals surface area contributed by atoms with Gasteiger partial charge in [-0.25, -0.2) is 0 Å². The fraction of sp³-hybridized carbons (Fsp3) is 0.846. The van der Waals surface area contributed by atoms with Crippen molar-refractivity contribution in [3.63, 3.8) is 0 Å². The van der Waals surface area contributed by atoms with Crippen LogP contribution in [0, 0.1) is 0 Å². The summed E-state index contributed by atoms with van der Waals surface area (Å²) in [5.74, 6) is 1.11. The second-order valence-electron chi connectivity index (χ2n) is 5.32. The number of likely N-dealkylation sites (tertiary alicyclic amines) is 2. The van der Waals surface area contributed by atoms with E-state index in [0.717, 1.165) is 38.9 Å². The lowest BCUT2D eigenvalue weighted by Gasteiger charge is -2.26. The zero-order valence-corrected chi connectivity index (χ0v) is 12.2. The van der Waals surface area contributed by atoms with E-state index < -0.39 is 0 Å². The number of piperidine rings is 1. The quantitative estimate of drug-likeness (QED) is 0.806. The molecule has 0 radical (unpaired) electrons. The number of hydrogen-bond acceptors (Lipinski definition) is 4. The highest BCUT2D eigenvalue weighted by molar-refractivity contribution is 8.00. The van der Waals surface area contributed by atoms with E-state index in [4.69, 9.17) is 5.73 Å². The van der Waals surface area contributed by atoms with Gasteiger partial charge in [0.1, 0.15) is 0 Å². The van der Waals surface area contributed by atoms with Crippen molar-refractivity contribution in [2.24, 2.45) is 5.73 Å². The molecule has 2 rings (SSSR count). The summed E-state index contributed by atoms with van der Waals surface area (Å²) in [6, 6.07) is 0.129. The Morgan fingerprint density at radius 3 is 2.21 bits per heavy atom. The summed E-state index contributed by atoms with van der Waals surface area (Å²) in [6.45, 7) is 3.20. The third-order valence-corrected chi connectivity index (χ3v) is 4.64. The van der Waals surface area contributed by atoms with Gasteiger partial charge in [0.25, 0.3) is 0 Å². The number of hydrogen-bond donors (Lipinski definition) is 1. The van der Waals surface area contributed by atoms with E-state index in [-0.39, 0.29) is 17.9 Å². The van der Waals surface area contributed by atoms with Gasteiger partial charge in [0.15, 0.2) is 0 Å². The van der Waals surface area contributed by atoms with E-state index in [1.807, 2.05) is 9.80 Å². The molecule has 0 unspecified atom stereocenters. The standard InChI is InChI=1S/C13H23N3O2S/c14-11-4-7-16(8-11)13(18)10-19-9-12(17)15-5-2-1-3-6-15/h11H,1-10,14H2/t11-/m1/s1. The van der Waals surface area contributed by atoms with Crippen molar-refractivity contribution in [2.45, 2.75) is 31.7 Å². The summed E-state index contributed by atoms with van der Waals surface area (Å²) < 4.78 is 0. The van der Waals surface area contributed by atoms with Crippen LogP contribution >= 0.6 is 11.8 Å². The van der Waals surface area contributed by atoms with Gasteiger partial charge in [-0.3, -0.25) is 9.59 Å². The van der Waals surface area contributed by atoms with Crippen LogP contribution in [0.4, 0.5) is 0 Å². The molecular weight excluding hydrogens is 262 g/mol. The third-order valence-electron chi connectivity index (χ3n) is 3.74. The van der Waals surface area contributed by atoms with Crippen molar-refractivity contribution >= 4 is 23.6 Å². The number of amides is 2. The molecule has 0 aromatic carbocycles. The van der Waals surface area contributed by atoms with Gasteiger partial charge in [-0.1, -0.05) is 0 Å². The lowest BCUT2D eigenvalue weighted by Crippen LogP contribution is -2.37. The minimum absolute atomic E-state index is 0.115. The first-order chi connectivity index (χ1) is 9.16. The second kappa shape index (κ2) is 7.14. The van der Waals surface area contributed by atoms with Gasteiger partial charge in [-0.05, 0) is 25.7 Å². The van der Waals surface area contributed by atoms with Gasteiger partial charge >= 0.3 is 0 Å². The van der Waals surface area contributed by atoms with Crippen LogP contribution in [-0.2, 0) is 9.59 Å². The van der Waals surface area contributed by atoms with Gasteiger partial charge in [-0.15, -0.1) is 11.8 Å². The predicted molar refractivity (Wildman–Crippen MR) is 76.9 cm³/mol. The molecule has 0 aromatic heterocycles. The fourth-order valence-corrected chi connectivity index (χ4v) is 3.38. The Balaban J connectivity index is 1.62. The first-order valence-corrected chi connectivity index (χ1v) is 8.21. The molecule has 2 aliphatic heterocycles. The van der Waals surface area contributed by atoms with Crippen molar-refractivity contribution < 1.29 is 9.59 Å². The number of carbonyl (C=O) groups is 2. The van der Waals surface area contributed by atoms with E-state index in [1.165, 1.54) is 18.2 Å². The first kappa shape index (κ1) is 14.7. The maximum atomic E-state index is 11.9. The van der Waals surface area contributed by atoms with E-state index in [2.05, 4.69) is 0 Å². The molecule has 2 N–H and O–H groups in total. The Morgan fingerprint density at radius 2 is 1.63 bits per heavy atom. The molecule has 0 saturated carbocycles. The average Bonchev–Trinajstić information content (AvgIpc) is 2.86. The van der Waals surface area contributed by atoms with Gasteiger partial charge in [0.05, 0.1) is 11.5 Å². The number of carbonyl (C=O) groups excluding carboxylic acids is 2. The van der Waals surface area contributed by atoms with Crippen LogP contribution in [-0.4, -0.2) is 65.3 Å². The number of rotatable bonds is 4. The molecule has 2 heterocycles. The van der Waals surface area contributed by atoms with Gasteiger partial charge in [0, 0.05) is 32.2 Å². The fourth-order valence-electron chi connectivity index (χ4n) is 2.57. The van der Waals surface area contributed by atoms with E-state index in [1.54, 1.807) is 0 Å². The minimum atomic E-state index is 0.115. The van der Waals surface area contributed by atoms with Crippen molar-refractivity contribution in [3.05, 3.63) is 0 Å². The summed E-state index contributed by atoms with van der Waals surface area (Å²) in [5, 5.41) is 0. The maximum absolute atomic E-state index is 11.9. The highest BCUT2D eigenvalue weighted by Crippen LogP contribution is 2.13. The summed E-state index contributed by atoms with van der Waals surface area (Å²) in [6.07, 6.45) is 4.34. The molecule has 2 saturated heterocycles. The highest BCUT2D eigenvalue weighted by Gasteiger charge is 2.23. The van der Waals surface area contributed by atoms with Crippen molar-refractivity contribution in [2.75, 3.05) is 37.7 Å². The molecule has 6 heteroatoms. The topological polar surface area (TPSA) is 66.6 Å². The highest BCUT2D eigenvalue weighted by atomic mass is 32.2. The van der Waals surface area contributed by atoms with Crippen LogP contribution in [0.25, 0.3) is 0 Å². The Morgan fingerprint density at radius 1 is 1.00 bits per heavy atom. The maximum Gasteiger partial charge on any atom is 0.232 e. The molecule has 0 spiro atoms. The second-order valence-corrected chi connectivity index (χ2v) is 6.31. The molecule has 19 heavy (non-hydrogen) atoms. The zero-order chi connectivity index (χ0) is 13.7. The molecular formula is C13H23N3O2S. The van der Waals surface area contributed by atoms with E-state index >= 15 is 0 Å². The predicted octanol–water partition coefficient (Wildman–Crippen LogP) is 0.292. The lowest BCUT2D eigenvalue weighted by molar-refractivity contribution is -0.129. The van der Waals surface area contributed by atoms with Gasteiger partial charge in [-0.2, -0.15) is 0 Å². The largest absolute Gasteiger partial charge is 0.342 e. The lowest BCUT2D eigenvalue weighted by atomic mass is 10.1. The van der Waals surface area contributed by atoms with E-state index in [9.17, 15) is 9.59 Å². The van der Waals surface area contributed by atoms with Crippen molar-refractivity contribution in [3.8, 4) is 0 Å². The SMILES string of the molecule is N[C@@H]1CCN(C(=O)CSCC(=O)N2CCCCC2)C1. The summed E-state index contributed by atoms with van der Waals surface area (Å²) in [4.78, 5) is 27.5. The molecule has 1 atom stereocenters. The Bertz CT molecular complexity index is 315. The van der Waals surface area contributed by atoms with Crippen LogP contribution in [0.15, 0.2) is 0 Å². The molecule has 0 bridgehead atoms. The van der Waals surface area contributed by atoms with Crippen LogP contribution in [0.1, 0.15) is 25.7 Å². The van der Waals surface area contributed by atoms with Crippen LogP contribution < -0.4 is 5.73 Å². The summed E-state index contributed by atoms with van der Waals surface area (Å²) in [7, 11) is 0. The van der Waals surface area contributed by atoms with Crippen LogP contribution in [0.5, 0.6) is 0 Å². The van der Waals surface area contributed by atoms with Crippen molar-refractivity contribution in [1.29, 1.82) is 0 Å². The molecule has 2 amide bonds. The summed E-state index contributed by atoms with van der Waals surface area (Å²) in [5.41, 5.74) is 5.78. The minimum Gasteiger partial charge on any atom is -0.342 e. The number of nitrogens with zero attached hydrogens (tertiary/aromatic N) is 2. The molecule has 0 aliphatic carbocycles. The van der Waals surface area contributed by atoms with Crippen LogP contribution in [0.3, 0.4) is 0 Å². The molecule has 2 aliphatic rings. The molecule has 108 valence electrons. The van der Waals surface area contributed by atoms with Crippen LogP contribution in [0.2, 0.25) is 0 Å². The number of nitrogens with two attached hydrogens (primary N) is 1. The average molecular weight is 285 g/mol. The Labute approximate surface area is 118 Å². The molecule has 5 nitrogen and oxygen atoms in total. The molecule has 0 aromatic rings. The summed E-state index contributed by atoms with van der Waals surface area (Å²) >= 11 is 1.43. The monoisotopic (exact) mass is 285 g/mol. The van der Waals surface area contributed by atoms with Gasteiger partial charge in [0.2, 0.25) is 11.8 Å². The number of thioether (sulfide) groups is 1. The first-order valence-electron chi connectivity index (χ1n) is 7.05. The van der Waals surface area contributed by atoms with E-state index in [0.29, 0.717) is 18.1 Å². The Kier molecular flexibility index (Phi) is 5.51. The molecule has 2 fully saturated rings. The Hall–Kier alpha value is -0.750. The smallest absolute Gasteiger partial charge is 0.232 e. The zero-order valence-electron chi connectivity index (χ0n) is 11.3. The van der Waals surface area contributed by atoms with Gasteiger partial charge < -0.3 is 15.5 Å². The normalized spacial score (nSPS) is 23.7.